The van der Waals surface area contributed by atoms with E-state index in [0.29, 0.717) is 6.54 Å². The molecule has 1 aromatic rings. The van der Waals surface area contributed by atoms with E-state index in [0.717, 1.165) is 54.0 Å². The highest BCUT2D eigenvalue weighted by molar-refractivity contribution is 5.91. The normalized spacial score (nSPS) is 29.4. The Balaban J connectivity index is 1.21. The molecule has 158 valence electrons. The molecule has 6 heteroatoms. The molecule has 29 heavy (non-hydrogen) atoms. The van der Waals surface area contributed by atoms with E-state index < -0.39 is 0 Å². The van der Waals surface area contributed by atoms with Crippen LogP contribution in [0.25, 0.3) is 0 Å². The maximum absolute atomic E-state index is 12.5. The summed E-state index contributed by atoms with van der Waals surface area (Å²) >= 11 is 0. The summed E-state index contributed by atoms with van der Waals surface area (Å²) in [6, 6.07) is 5.77. The van der Waals surface area contributed by atoms with Crippen LogP contribution in [-0.4, -0.2) is 38.1 Å². The zero-order valence-corrected chi connectivity index (χ0v) is 17.9. The highest BCUT2D eigenvalue weighted by Crippen LogP contribution is 2.55. The molecular formula is C23H34N4O2. The van der Waals surface area contributed by atoms with Crippen molar-refractivity contribution in [3.8, 4) is 0 Å². The first-order valence-corrected chi connectivity index (χ1v) is 11.0. The predicted octanol–water partition coefficient (Wildman–Crippen LogP) is 3.66. The zero-order valence-electron chi connectivity index (χ0n) is 17.9. The van der Waals surface area contributed by atoms with Gasteiger partial charge in [0.15, 0.2) is 0 Å². The summed E-state index contributed by atoms with van der Waals surface area (Å²) in [5.74, 6) is 2.32. The number of carbonyl (C=O) groups excluding carboxylic acids is 2. The van der Waals surface area contributed by atoms with Gasteiger partial charge in [-0.2, -0.15) is 0 Å². The van der Waals surface area contributed by atoms with E-state index in [9.17, 15) is 9.59 Å². The van der Waals surface area contributed by atoms with Crippen molar-refractivity contribution in [2.75, 3.05) is 30.9 Å². The lowest BCUT2D eigenvalue weighted by atomic mass is 9.53. The van der Waals surface area contributed by atoms with Crippen LogP contribution in [0.5, 0.6) is 0 Å². The molecule has 0 aromatic heterocycles. The molecule has 0 radical (unpaired) electrons. The minimum absolute atomic E-state index is 0.00675. The number of amides is 3. The maximum Gasteiger partial charge on any atom is 0.315 e. The first kappa shape index (κ1) is 20.0. The Morgan fingerprint density at radius 3 is 2.24 bits per heavy atom. The smallest absolute Gasteiger partial charge is 0.315 e. The molecule has 0 saturated heterocycles. The molecule has 0 spiro atoms. The Morgan fingerprint density at radius 2 is 1.69 bits per heavy atom. The number of nitrogens with one attached hydrogen (secondary N) is 3. The second kappa shape index (κ2) is 7.88. The molecule has 4 bridgehead atoms. The van der Waals surface area contributed by atoms with Crippen molar-refractivity contribution in [2.45, 2.75) is 57.4 Å². The van der Waals surface area contributed by atoms with Gasteiger partial charge in [-0.15, -0.1) is 0 Å². The van der Waals surface area contributed by atoms with Gasteiger partial charge in [-0.25, -0.2) is 4.79 Å². The summed E-state index contributed by atoms with van der Waals surface area (Å²) in [5.41, 5.74) is 3.04. The fraction of sp³-hybridized carbons (Fsp3) is 0.652. The van der Waals surface area contributed by atoms with Crippen molar-refractivity contribution in [2.24, 2.45) is 17.8 Å². The molecule has 4 aliphatic rings. The molecular weight excluding hydrogens is 364 g/mol. The van der Waals surface area contributed by atoms with Crippen molar-refractivity contribution in [1.82, 2.24) is 10.6 Å². The summed E-state index contributed by atoms with van der Waals surface area (Å²) in [7, 11) is 4.00. The van der Waals surface area contributed by atoms with Crippen molar-refractivity contribution >= 4 is 23.3 Å². The minimum Gasteiger partial charge on any atom is -0.377 e. The molecule has 0 atom stereocenters. The van der Waals surface area contributed by atoms with Crippen LogP contribution in [0.2, 0.25) is 0 Å². The number of anilines is 2. The Labute approximate surface area is 173 Å². The van der Waals surface area contributed by atoms with E-state index in [1.807, 2.05) is 44.1 Å². The van der Waals surface area contributed by atoms with Crippen molar-refractivity contribution < 1.29 is 9.59 Å². The first-order valence-electron chi connectivity index (χ1n) is 11.0. The van der Waals surface area contributed by atoms with E-state index in [4.69, 9.17) is 0 Å². The van der Waals surface area contributed by atoms with E-state index in [2.05, 4.69) is 16.0 Å². The van der Waals surface area contributed by atoms with E-state index in [1.165, 1.54) is 19.3 Å². The molecule has 4 fully saturated rings. The van der Waals surface area contributed by atoms with Crippen LogP contribution in [-0.2, 0) is 4.79 Å². The SMILES string of the molecule is Cc1cc(NC(=O)CCNC(=O)NC23CC4CC(CC(C4)C2)C3)ccc1N(C)C. The monoisotopic (exact) mass is 398 g/mol. The molecule has 0 aliphatic heterocycles. The van der Waals surface area contributed by atoms with Gasteiger partial charge in [0.1, 0.15) is 0 Å². The summed E-state index contributed by atoms with van der Waals surface area (Å²) in [5, 5.41) is 9.10. The topological polar surface area (TPSA) is 73.5 Å². The lowest BCUT2D eigenvalue weighted by Crippen LogP contribution is -2.61. The minimum atomic E-state index is -0.120. The quantitative estimate of drug-likeness (QED) is 0.685. The number of carbonyl (C=O) groups is 2. The van der Waals surface area contributed by atoms with Crippen molar-refractivity contribution in [3.05, 3.63) is 23.8 Å². The van der Waals surface area contributed by atoms with Gasteiger partial charge in [0.2, 0.25) is 5.91 Å². The average Bonchev–Trinajstić information content (AvgIpc) is 2.59. The van der Waals surface area contributed by atoms with Gasteiger partial charge >= 0.3 is 6.03 Å². The third-order valence-corrected chi connectivity index (χ3v) is 7.02. The second-order valence-electron chi connectivity index (χ2n) is 9.77. The number of hydrogen-bond acceptors (Lipinski definition) is 3. The van der Waals surface area contributed by atoms with Crippen LogP contribution < -0.4 is 20.9 Å². The summed E-state index contributed by atoms with van der Waals surface area (Å²) in [4.78, 5) is 26.7. The lowest BCUT2D eigenvalue weighted by molar-refractivity contribution is -0.116. The van der Waals surface area contributed by atoms with E-state index >= 15 is 0 Å². The third kappa shape index (κ3) is 4.51. The van der Waals surface area contributed by atoms with Crippen molar-refractivity contribution in [3.63, 3.8) is 0 Å². The third-order valence-electron chi connectivity index (χ3n) is 7.02. The molecule has 1 aromatic carbocycles. The Morgan fingerprint density at radius 1 is 1.07 bits per heavy atom. The van der Waals surface area contributed by atoms with Crippen LogP contribution in [0.3, 0.4) is 0 Å². The summed E-state index contributed by atoms with van der Waals surface area (Å²) in [6.45, 7) is 2.38. The molecule has 0 heterocycles. The molecule has 5 rings (SSSR count). The first-order chi connectivity index (χ1) is 13.8. The van der Waals surface area contributed by atoms with Gasteiger partial charge in [-0.1, -0.05) is 0 Å². The average molecular weight is 399 g/mol. The predicted molar refractivity (Wildman–Crippen MR) is 116 cm³/mol. The molecule has 6 nitrogen and oxygen atoms in total. The number of aryl methyl sites for hydroxylation is 1. The highest BCUT2D eigenvalue weighted by Gasteiger charge is 2.51. The maximum atomic E-state index is 12.5. The zero-order chi connectivity index (χ0) is 20.6. The molecule has 4 saturated carbocycles. The van der Waals surface area contributed by atoms with Gasteiger partial charge in [0.25, 0.3) is 0 Å². The fourth-order valence-electron chi connectivity index (χ4n) is 6.30. The molecule has 3 N–H and O–H groups in total. The molecule has 0 unspecified atom stereocenters. The Kier molecular flexibility index (Phi) is 5.45. The standard InChI is InChI=1S/C23H34N4O2/c1-15-8-19(4-5-20(15)27(2)3)25-21(28)6-7-24-22(29)26-23-12-16-9-17(13-23)11-18(10-16)14-23/h4-5,8,16-18H,6-7,9-14H2,1-3H3,(H,25,28)(H2,24,26,29). The summed E-state index contributed by atoms with van der Waals surface area (Å²) < 4.78 is 0. The van der Waals surface area contributed by atoms with E-state index in [1.54, 1.807) is 0 Å². The van der Waals surface area contributed by atoms with Gasteiger partial charge < -0.3 is 20.9 Å². The Hall–Kier alpha value is -2.24. The van der Waals surface area contributed by atoms with E-state index in [-0.39, 0.29) is 23.9 Å². The molecule has 3 amide bonds. The number of hydrogen-bond donors (Lipinski definition) is 3. The highest BCUT2D eigenvalue weighted by atomic mass is 16.2. The van der Waals surface area contributed by atoms with Crippen LogP contribution in [0.1, 0.15) is 50.5 Å². The summed E-state index contributed by atoms with van der Waals surface area (Å²) in [6.07, 6.45) is 7.75. The van der Waals surface area contributed by atoms with Crippen LogP contribution in [0.15, 0.2) is 18.2 Å². The molecule has 4 aliphatic carbocycles. The number of rotatable bonds is 6. The largest absolute Gasteiger partial charge is 0.377 e. The second-order valence-corrected chi connectivity index (χ2v) is 9.77. The number of urea groups is 1. The number of benzene rings is 1. The van der Waals surface area contributed by atoms with Crippen molar-refractivity contribution in [1.29, 1.82) is 0 Å². The van der Waals surface area contributed by atoms with Crippen LogP contribution in [0, 0.1) is 24.7 Å². The number of nitrogens with zero attached hydrogens (tertiary/aromatic N) is 1. The van der Waals surface area contributed by atoms with Crippen LogP contribution >= 0.6 is 0 Å². The van der Waals surface area contributed by atoms with Gasteiger partial charge in [0.05, 0.1) is 0 Å². The van der Waals surface area contributed by atoms with Gasteiger partial charge in [-0.05, 0) is 87.0 Å². The van der Waals surface area contributed by atoms with Gasteiger partial charge in [-0.3, -0.25) is 4.79 Å². The van der Waals surface area contributed by atoms with Gasteiger partial charge in [0, 0.05) is 44.0 Å². The Bertz CT molecular complexity index is 754. The fourth-order valence-corrected chi connectivity index (χ4v) is 6.30. The lowest BCUT2D eigenvalue weighted by Gasteiger charge is -2.56. The van der Waals surface area contributed by atoms with Crippen LogP contribution in [0.4, 0.5) is 16.2 Å².